The van der Waals surface area contributed by atoms with E-state index in [9.17, 15) is 0 Å². The van der Waals surface area contributed by atoms with Crippen molar-refractivity contribution in [3.05, 3.63) is 0 Å². The second-order valence-electron chi connectivity index (χ2n) is 1.84. The Kier molecular flexibility index (Phi) is 39.5. The van der Waals surface area contributed by atoms with Crippen molar-refractivity contribution < 1.29 is 20.5 Å². The molecule has 0 aromatic rings. The van der Waals surface area contributed by atoms with Crippen LogP contribution in [0.4, 0.5) is 0 Å². The van der Waals surface area contributed by atoms with Gasteiger partial charge in [0.15, 0.2) is 4.30 Å². The summed E-state index contributed by atoms with van der Waals surface area (Å²) >= 11 is 14.4. The number of aliphatic hydroxyl groups excluding tert-OH is 1. The Morgan fingerprint density at radius 1 is 1.36 bits per heavy atom. The van der Waals surface area contributed by atoms with E-state index in [-0.39, 0.29) is 5.48 Å². The predicted octanol–water partition coefficient (Wildman–Crippen LogP) is 2.03. The normalized spacial score (nSPS) is 7.36. The van der Waals surface area contributed by atoms with Crippen molar-refractivity contribution in [2.45, 2.75) is 31.0 Å². The van der Waals surface area contributed by atoms with Crippen LogP contribution in [0.5, 0.6) is 0 Å². The van der Waals surface area contributed by atoms with Crippen molar-refractivity contribution in [2.75, 3.05) is 6.61 Å². The highest BCUT2D eigenvalue weighted by Crippen LogP contribution is 2.03. The highest BCUT2D eigenvalue weighted by atomic mass is 35.6. The molecule has 0 atom stereocenters. The van der Waals surface area contributed by atoms with Crippen LogP contribution >= 0.6 is 34.8 Å². The molecule has 0 radical (unpaired) electrons. The predicted molar refractivity (Wildman–Crippen MR) is 60.3 cm³/mol. The lowest BCUT2D eigenvalue weighted by Crippen LogP contribution is -1.78. The van der Waals surface area contributed by atoms with Crippen LogP contribution in [0.2, 0.25) is 0 Å². The first-order valence-corrected chi connectivity index (χ1v) is 4.92. The molecule has 0 aromatic carbocycles. The molecule has 0 spiro atoms. The van der Waals surface area contributed by atoms with Gasteiger partial charge in [0, 0.05) is 13.5 Å². The molecular formula is C7H17Cl3O4. The van der Waals surface area contributed by atoms with Crippen molar-refractivity contribution >= 4 is 40.8 Å². The van der Waals surface area contributed by atoms with Crippen LogP contribution in [0.25, 0.3) is 0 Å². The minimum Gasteiger partial charge on any atom is -0.481 e. The Bertz CT molecular complexity index is 92.2. The molecule has 14 heavy (non-hydrogen) atoms. The zero-order chi connectivity index (χ0) is 11.3. The molecule has 0 bridgehead atoms. The number of rotatable bonds is 2. The van der Waals surface area contributed by atoms with Gasteiger partial charge in [-0.2, -0.15) is 0 Å². The average Bonchev–Trinajstić information content (AvgIpc) is 1.86. The van der Waals surface area contributed by atoms with E-state index in [1.54, 1.807) is 0 Å². The molecule has 0 amide bonds. The van der Waals surface area contributed by atoms with Crippen LogP contribution in [0.1, 0.15) is 26.7 Å². The van der Waals surface area contributed by atoms with Gasteiger partial charge in [0.2, 0.25) is 0 Å². The molecule has 0 heterocycles. The van der Waals surface area contributed by atoms with E-state index in [1.165, 1.54) is 0 Å². The summed E-state index contributed by atoms with van der Waals surface area (Å²) < 4.78 is -0.750. The maximum Gasteiger partial charge on any atom is 0.300 e. The highest BCUT2D eigenvalue weighted by molar-refractivity contribution is 6.63. The molecule has 7 heteroatoms. The second-order valence-corrected chi connectivity index (χ2v) is 3.82. The average molecular weight is 272 g/mol. The first-order valence-electron chi connectivity index (χ1n) is 3.61. The van der Waals surface area contributed by atoms with Gasteiger partial charge in [0.05, 0.1) is 0 Å². The lowest BCUT2D eigenvalue weighted by Gasteiger charge is -1.79. The Morgan fingerprint density at radius 2 is 1.57 bits per heavy atom. The van der Waals surface area contributed by atoms with Crippen LogP contribution in [0, 0.1) is 0 Å². The molecule has 0 aromatic heterocycles. The van der Waals surface area contributed by atoms with Gasteiger partial charge >= 0.3 is 0 Å². The van der Waals surface area contributed by atoms with E-state index in [0.717, 1.165) is 19.8 Å². The number of aliphatic hydroxyl groups is 1. The third-order valence-electron chi connectivity index (χ3n) is 0.512. The van der Waals surface area contributed by atoms with Crippen LogP contribution in [0.15, 0.2) is 0 Å². The standard InChI is InChI=1S/C4H10O.C2H4O2.CHCl3.H2O/c1-2-3-4-5;1-2(3)4;2-1(3)4;/h5H,2-4H2,1H3;1H3,(H,3,4);1H;1H2. The zero-order valence-electron chi connectivity index (χ0n) is 8.14. The smallest absolute Gasteiger partial charge is 0.300 e. The molecule has 4 N–H and O–H groups in total. The Labute approximate surface area is 99.1 Å². The molecule has 4 nitrogen and oxygen atoms in total. The summed E-state index contributed by atoms with van der Waals surface area (Å²) in [5.41, 5.74) is 0. The van der Waals surface area contributed by atoms with Gasteiger partial charge in [-0.25, -0.2) is 0 Å². The first kappa shape index (κ1) is 23.8. The molecule has 0 rings (SSSR count). The quantitative estimate of drug-likeness (QED) is 0.753. The summed E-state index contributed by atoms with van der Waals surface area (Å²) in [4.78, 5) is 9.00. The van der Waals surface area contributed by atoms with E-state index in [1.807, 2.05) is 0 Å². The Balaban J connectivity index is -0.0000000522. The van der Waals surface area contributed by atoms with Crippen LogP contribution in [-0.2, 0) is 4.79 Å². The third kappa shape index (κ3) is 304. The Hall–Kier alpha value is 0.260. The van der Waals surface area contributed by atoms with E-state index in [4.69, 9.17) is 49.8 Å². The molecular weight excluding hydrogens is 254 g/mol. The fourth-order valence-corrected chi connectivity index (χ4v) is 0.158. The van der Waals surface area contributed by atoms with Crippen LogP contribution in [-0.4, -0.2) is 32.6 Å². The fourth-order valence-electron chi connectivity index (χ4n) is 0.158. The Morgan fingerprint density at radius 3 is 1.57 bits per heavy atom. The summed E-state index contributed by atoms with van der Waals surface area (Å²) in [6.45, 7) is 3.48. The largest absolute Gasteiger partial charge is 0.481 e. The molecule has 0 aliphatic carbocycles. The number of carbonyl (C=O) groups is 1. The van der Waals surface area contributed by atoms with Crippen LogP contribution in [0.3, 0.4) is 0 Å². The van der Waals surface area contributed by atoms with Gasteiger partial charge in [0.1, 0.15) is 0 Å². The minimum atomic E-state index is -0.833. The van der Waals surface area contributed by atoms with Gasteiger partial charge in [-0.05, 0) is 6.42 Å². The van der Waals surface area contributed by atoms with Gasteiger partial charge in [0.25, 0.3) is 5.97 Å². The van der Waals surface area contributed by atoms with Gasteiger partial charge in [-0.15, -0.1) is 0 Å². The summed E-state index contributed by atoms with van der Waals surface area (Å²) in [5.74, 6) is -0.833. The van der Waals surface area contributed by atoms with Crippen molar-refractivity contribution in [3.63, 3.8) is 0 Å². The molecule has 0 aliphatic heterocycles. The lowest BCUT2D eigenvalue weighted by atomic mass is 10.4. The number of aliphatic carboxylic acids is 1. The number of hydrogen-bond acceptors (Lipinski definition) is 2. The number of carboxylic acids is 1. The second kappa shape index (κ2) is 23.2. The number of unbranched alkanes of at least 4 members (excludes halogenated alkanes) is 1. The SMILES string of the molecule is CC(=O)O.CCCCO.ClC(Cl)Cl.O. The fraction of sp³-hybridized carbons (Fsp3) is 0.857. The molecule has 0 fully saturated rings. The summed E-state index contributed by atoms with van der Waals surface area (Å²) in [5, 5.41) is 15.5. The van der Waals surface area contributed by atoms with E-state index in [0.29, 0.717) is 6.61 Å². The highest BCUT2D eigenvalue weighted by Gasteiger charge is 1.78. The first-order chi connectivity index (χ1) is 5.88. The molecule has 0 saturated heterocycles. The monoisotopic (exact) mass is 270 g/mol. The van der Waals surface area contributed by atoms with E-state index < -0.39 is 10.3 Å². The third-order valence-corrected chi connectivity index (χ3v) is 0.512. The van der Waals surface area contributed by atoms with Gasteiger partial charge < -0.3 is 15.7 Å². The van der Waals surface area contributed by atoms with E-state index in [2.05, 4.69) is 6.92 Å². The molecule has 0 saturated carbocycles. The number of carboxylic acid groups (broad SMARTS) is 1. The van der Waals surface area contributed by atoms with Crippen LogP contribution < -0.4 is 0 Å². The summed E-state index contributed by atoms with van der Waals surface area (Å²) in [6.07, 6.45) is 2.04. The van der Waals surface area contributed by atoms with Crippen molar-refractivity contribution in [3.8, 4) is 0 Å². The summed E-state index contributed by atoms with van der Waals surface area (Å²) in [7, 11) is 0. The molecule has 0 unspecified atom stereocenters. The number of halogens is 3. The maximum atomic E-state index is 9.00. The topological polar surface area (TPSA) is 89.0 Å². The molecule has 90 valence electrons. The lowest BCUT2D eigenvalue weighted by molar-refractivity contribution is -0.134. The van der Waals surface area contributed by atoms with Gasteiger partial charge in [-0.3, -0.25) is 4.79 Å². The van der Waals surface area contributed by atoms with E-state index >= 15 is 0 Å². The minimum absolute atomic E-state index is 0. The summed E-state index contributed by atoms with van der Waals surface area (Å²) in [6, 6.07) is 0. The number of alkyl halides is 3. The number of hydrogen-bond donors (Lipinski definition) is 2. The zero-order valence-corrected chi connectivity index (χ0v) is 10.4. The van der Waals surface area contributed by atoms with Crippen molar-refractivity contribution in [1.29, 1.82) is 0 Å². The van der Waals surface area contributed by atoms with Crippen molar-refractivity contribution in [1.82, 2.24) is 0 Å². The molecule has 0 aliphatic rings. The maximum absolute atomic E-state index is 9.00. The van der Waals surface area contributed by atoms with Gasteiger partial charge in [-0.1, -0.05) is 48.1 Å². The van der Waals surface area contributed by atoms with Crippen molar-refractivity contribution in [2.24, 2.45) is 0 Å².